The van der Waals surface area contributed by atoms with Crippen molar-refractivity contribution in [2.75, 3.05) is 0 Å². The molecule has 0 radical (unpaired) electrons. The molecule has 0 saturated carbocycles. The molecule has 2 aromatic carbocycles. The topological polar surface area (TPSA) is 0 Å². The Hall–Kier alpha value is 0.140. The van der Waals surface area contributed by atoms with Gasteiger partial charge in [-0.05, 0) is 0 Å². The fraction of sp³-hybridized carbons (Fsp3) is 0.316. The molecule has 0 bridgehead atoms. The van der Waals surface area contributed by atoms with Crippen molar-refractivity contribution in [2.24, 2.45) is 5.41 Å². The number of hydrogen-bond donors (Lipinski definition) is 0. The van der Waals surface area contributed by atoms with Crippen molar-refractivity contribution in [3.63, 3.8) is 0 Å². The van der Waals surface area contributed by atoms with E-state index in [1.807, 2.05) is 0 Å². The van der Waals surface area contributed by atoms with Gasteiger partial charge in [-0.3, -0.25) is 6.08 Å². The van der Waals surface area contributed by atoms with Gasteiger partial charge in [-0.15, -0.1) is 36.6 Å². The third-order valence-corrected chi connectivity index (χ3v) is 4.11. The zero-order valence-corrected chi connectivity index (χ0v) is 20.6. The maximum atomic E-state index is 3.44. The van der Waals surface area contributed by atoms with Crippen molar-refractivity contribution >= 4 is 10.8 Å². The first-order valence-electron chi connectivity index (χ1n) is 6.82. The summed E-state index contributed by atoms with van der Waals surface area (Å²) < 4.78 is 0. The SMILES string of the molecule is CC1=[C-]C(C)(C)C(C)=C1C.[Br-].[Br-].[Hf+4].c1ccc2[cH-]ccc2c1. The van der Waals surface area contributed by atoms with Crippen LogP contribution in [0.2, 0.25) is 0 Å². The quantitative estimate of drug-likeness (QED) is 0.293. The molecule has 116 valence electrons. The van der Waals surface area contributed by atoms with Crippen molar-refractivity contribution in [3.05, 3.63) is 65.3 Å². The van der Waals surface area contributed by atoms with Crippen LogP contribution in [0.15, 0.2) is 59.2 Å². The van der Waals surface area contributed by atoms with Crippen LogP contribution < -0.4 is 34.0 Å². The fourth-order valence-corrected chi connectivity index (χ4v) is 2.48. The first kappa shape index (κ1) is 24.4. The Morgan fingerprint density at radius 3 is 1.95 bits per heavy atom. The summed E-state index contributed by atoms with van der Waals surface area (Å²) in [5.41, 5.74) is 4.39. The molecule has 0 unspecified atom stereocenters. The van der Waals surface area contributed by atoms with E-state index >= 15 is 0 Å². The van der Waals surface area contributed by atoms with Gasteiger partial charge in [0.2, 0.25) is 0 Å². The summed E-state index contributed by atoms with van der Waals surface area (Å²) in [6.07, 6.45) is 3.44. The number of fused-ring (bicyclic) bond motifs is 1. The first-order valence-corrected chi connectivity index (χ1v) is 6.82. The minimum atomic E-state index is 0. The molecule has 0 aromatic heterocycles. The molecule has 0 nitrogen and oxygen atoms in total. The van der Waals surface area contributed by atoms with E-state index in [4.69, 9.17) is 0 Å². The van der Waals surface area contributed by atoms with Crippen LogP contribution in [0, 0.1) is 11.5 Å². The van der Waals surface area contributed by atoms with Crippen molar-refractivity contribution in [2.45, 2.75) is 34.6 Å². The summed E-state index contributed by atoms with van der Waals surface area (Å²) in [5.74, 6) is 0. The molecule has 0 amide bonds. The number of rotatable bonds is 0. The second kappa shape index (κ2) is 10.1. The van der Waals surface area contributed by atoms with Gasteiger partial charge in [0.1, 0.15) is 0 Å². The van der Waals surface area contributed by atoms with Crippen LogP contribution in [0.1, 0.15) is 34.6 Å². The zero-order chi connectivity index (χ0) is 14.0. The predicted molar refractivity (Wildman–Crippen MR) is 84.1 cm³/mol. The van der Waals surface area contributed by atoms with Crippen LogP contribution in [0.3, 0.4) is 0 Å². The van der Waals surface area contributed by atoms with E-state index in [1.165, 1.54) is 27.5 Å². The smallest absolute Gasteiger partial charge is 1.00 e. The molecular formula is C19H22Br2Hf. The van der Waals surface area contributed by atoms with Crippen LogP contribution in [0.5, 0.6) is 0 Å². The molecule has 2 aromatic rings. The number of benzene rings is 1. The van der Waals surface area contributed by atoms with Gasteiger partial charge in [0, 0.05) is 0 Å². The number of allylic oxidation sites excluding steroid dienone is 4. The average Bonchev–Trinajstić information content (AvgIpc) is 2.90. The summed E-state index contributed by atoms with van der Waals surface area (Å²) in [5, 5.41) is 2.66. The number of hydrogen-bond acceptors (Lipinski definition) is 0. The third-order valence-electron chi connectivity index (χ3n) is 4.11. The maximum absolute atomic E-state index is 3.44. The fourth-order valence-electron chi connectivity index (χ4n) is 2.48. The second-order valence-electron chi connectivity index (χ2n) is 5.78. The maximum Gasteiger partial charge on any atom is 4.00 e. The molecule has 0 saturated heterocycles. The first-order chi connectivity index (χ1) is 8.92. The van der Waals surface area contributed by atoms with Gasteiger partial charge in [0.05, 0.1) is 0 Å². The van der Waals surface area contributed by atoms with Gasteiger partial charge in [-0.1, -0.05) is 39.2 Å². The molecule has 1 aliphatic rings. The van der Waals surface area contributed by atoms with Gasteiger partial charge in [-0.2, -0.15) is 28.7 Å². The second-order valence-corrected chi connectivity index (χ2v) is 5.78. The summed E-state index contributed by atoms with van der Waals surface area (Å²) in [4.78, 5) is 0. The van der Waals surface area contributed by atoms with Crippen molar-refractivity contribution in [1.29, 1.82) is 0 Å². The van der Waals surface area contributed by atoms with Crippen LogP contribution in [-0.2, 0) is 25.8 Å². The van der Waals surface area contributed by atoms with E-state index in [1.54, 1.807) is 0 Å². The van der Waals surface area contributed by atoms with Crippen LogP contribution >= 0.6 is 0 Å². The Morgan fingerprint density at radius 1 is 0.955 bits per heavy atom. The van der Waals surface area contributed by atoms with E-state index in [0.29, 0.717) is 0 Å². The van der Waals surface area contributed by atoms with Crippen LogP contribution in [0.25, 0.3) is 10.8 Å². The molecule has 1 aliphatic carbocycles. The molecule has 3 rings (SSSR count). The van der Waals surface area contributed by atoms with Gasteiger partial charge in [0.25, 0.3) is 0 Å². The van der Waals surface area contributed by atoms with Crippen LogP contribution in [-0.4, -0.2) is 0 Å². The van der Waals surface area contributed by atoms with Crippen molar-refractivity contribution < 1.29 is 59.8 Å². The van der Waals surface area contributed by atoms with E-state index in [-0.39, 0.29) is 65.2 Å². The molecule has 0 atom stereocenters. The summed E-state index contributed by atoms with van der Waals surface area (Å²) in [7, 11) is 0. The Morgan fingerprint density at radius 2 is 1.55 bits per heavy atom. The van der Waals surface area contributed by atoms with E-state index in [9.17, 15) is 0 Å². The molecular weight excluding hydrogens is 567 g/mol. The largest absolute Gasteiger partial charge is 4.00 e. The third kappa shape index (κ3) is 5.65. The minimum absolute atomic E-state index is 0. The predicted octanol–water partition coefficient (Wildman–Crippen LogP) is -0.324. The standard InChI is InChI=1S/C10H15.C9H7.2BrH.Hf/c1-7-6-10(4,5)9(3)8(7)2;1-2-5-9-7-3-6-8(9)4-1;;;/h1-5H3;1-7H;2*1H;/q2*-1;;;+4/p-2. The molecule has 0 fully saturated rings. The Bertz CT molecular complexity index is 618. The van der Waals surface area contributed by atoms with E-state index in [2.05, 4.69) is 83.2 Å². The van der Waals surface area contributed by atoms with Gasteiger partial charge in [-0.25, -0.2) is 5.57 Å². The Kier molecular flexibility index (Phi) is 11.2. The normalized spacial score (nSPS) is 14.9. The molecule has 3 heteroatoms. The average molecular weight is 589 g/mol. The van der Waals surface area contributed by atoms with E-state index < -0.39 is 0 Å². The van der Waals surface area contributed by atoms with Crippen LogP contribution in [0.4, 0.5) is 0 Å². The molecule has 0 aliphatic heterocycles. The zero-order valence-electron chi connectivity index (χ0n) is 13.8. The van der Waals surface area contributed by atoms with Crippen molar-refractivity contribution in [3.8, 4) is 0 Å². The van der Waals surface area contributed by atoms with Gasteiger partial charge < -0.3 is 34.0 Å². The minimum Gasteiger partial charge on any atom is -1.00 e. The Labute approximate surface area is 174 Å². The molecule has 22 heavy (non-hydrogen) atoms. The van der Waals surface area contributed by atoms with Crippen molar-refractivity contribution in [1.82, 2.24) is 0 Å². The summed E-state index contributed by atoms with van der Waals surface area (Å²) in [6, 6.07) is 14.7. The monoisotopic (exact) mass is 588 g/mol. The summed E-state index contributed by atoms with van der Waals surface area (Å²) >= 11 is 0. The molecule has 0 N–H and O–H groups in total. The Balaban J connectivity index is 0. The molecule has 0 heterocycles. The van der Waals surface area contributed by atoms with Gasteiger partial charge >= 0.3 is 25.8 Å². The number of halogens is 2. The van der Waals surface area contributed by atoms with Gasteiger partial charge in [0.15, 0.2) is 0 Å². The summed E-state index contributed by atoms with van der Waals surface area (Å²) in [6.45, 7) is 10.9. The van der Waals surface area contributed by atoms with E-state index in [0.717, 1.165) is 0 Å². The molecule has 0 spiro atoms.